The summed E-state index contributed by atoms with van der Waals surface area (Å²) in [7, 11) is 0. The number of halogens is 1. The standard InChI is InChI=1S/C20H23FN2O2/c1-13(2)18(23-19(24)16-11-7-8-12-17(16)21)20(25)22-14(3)15-9-5-4-6-10-15/h4-14,18H,1-3H3,(H,22,25)(H,23,24)/t14?,18-/m0/s1. The molecule has 0 aliphatic carbocycles. The highest BCUT2D eigenvalue weighted by molar-refractivity contribution is 5.97. The second kappa shape index (κ2) is 8.42. The summed E-state index contributed by atoms with van der Waals surface area (Å²) in [6, 6.07) is 14.3. The van der Waals surface area contributed by atoms with Crippen LogP contribution in [-0.4, -0.2) is 17.9 Å². The van der Waals surface area contributed by atoms with Gasteiger partial charge in [-0.2, -0.15) is 0 Å². The van der Waals surface area contributed by atoms with E-state index in [-0.39, 0.29) is 23.4 Å². The topological polar surface area (TPSA) is 58.2 Å². The van der Waals surface area contributed by atoms with E-state index in [0.29, 0.717) is 0 Å². The average molecular weight is 342 g/mol. The zero-order chi connectivity index (χ0) is 18.4. The number of nitrogens with one attached hydrogen (secondary N) is 2. The molecular formula is C20H23FN2O2. The molecule has 2 rings (SSSR count). The first kappa shape index (κ1) is 18.6. The summed E-state index contributed by atoms with van der Waals surface area (Å²) >= 11 is 0. The van der Waals surface area contributed by atoms with E-state index in [2.05, 4.69) is 10.6 Å². The van der Waals surface area contributed by atoms with Crippen LogP contribution in [0.3, 0.4) is 0 Å². The molecule has 2 aromatic carbocycles. The molecule has 0 bridgehead atoms. The van der Waals surface area contributed by atoms with Gasteiger partial charge in [0.2, 0.25) is 5.91 Å². The molecule has 0 aromatic heterocycles. The van der Waals surface area contributed by atoms with Crippen molar-refractivity contribution in [3.05, 3.63) is 71.5 Å². The smallest absolute Gasteiger partial charge is 0.254 e. The lowest BCUT2D eigenvalue weighted by molar-refractivity contribution is -0.124. The third-order valence-corrected chi connectivity index (χ3v) is 4.01. The number of carbonyl (C=O) groups is 2. The minimum absolute atomic E-state index is 0.0722. The van der Waals surface area contributed by atoms with E-state index >= 15 is 0 Å². The van der Waals surface area contributed by atoms with Crippen molar-refractivity contribution in [3.63, 3.8) is 0 Å². The molecule has 0 saturated carbocycles. The van der Waals surface area contributed by atoms with Gasteiger partial charge < -0.3 is 10.6 Å². The number of carbonyl (C=O) groups excluding carboxylic acids is 2. The molecule has 0 heterocycles. The van der Waals surface area contributed by atoms with Gasteiger partial charge in [-0.05, 0) is 30.5 Å². The number of hydrogen-bond acceptors (Lipinski definition) is 2. The maximum Gasteiger partial charge on any atom is 0.254 e. The van der Waals surface area contributed by atoms with Gasteiger partial charge in [-0.3, -0.25) is 9.59 Å². The van der Waals surface area contributed by atoms with Gasteiger partial charge in [0, 0.05) is 0 Å². The maximum absolute atomic E-state index is 13.8. The molecule has 0 aliphatic rings. The Morgan fingerprint density at radius 3 is 2.08 bits per heavy atom. The number of benzene rings is 2. The van der Waals surface area contributed by atoms with Crippen molar-refractivity contribution in [1.82, 2.24) is 10.6 Å². The minimum atomic E-state index is -0.752. The maximum atomic E-state index is 13.8. The van der Waals surface area contributed by atoms with E-state index in [9.17, 15) is 14.0 Å². The first-order valence-corrected chi connectivity index (χ1v) is 8.31. The molecular weight excluding hydrogens is 319 g/mol. The van der Waals surface area contributed by atoms with Crippen LogP contribution in [0.25, 0.3) is 0 Å². The van der Waals surface area contributed by atoms with Crippen LogP contribution < -0.4 is 10.6 Å². The lowest BCUT2D eigenvalue weighted by Gasteiger charge is -2.24. The quantitative estimate of drug-likeness (QED) is 0.845. The molecule has 1 unspecified atom stereocenters. The molecule has 0 saturated heterocycles. The molecule has 25 heavy (non-hydrogen) atoms. The first-order valence-electron chi connectivity index (χ1n) is 8.31. The fraction of sp³-hybridized carbons (Fsp3) is 0.300. The Morgan fingerprint density at radius 1 is 0.880 bits per heavy atom. The summed E-state index contributed by atoms with van der Waals surface area (Å²) in [4.78, 5) is 24.9. The average Bonchev–Trinajstić information content (AvgIpc) is 2.60. The zero-order valence-electron chi connectivity index (χ0n) is 14.6. The largest absolute Gasteiger partial charge is 0.348 e. The summed E-state index contributed by atoms with van der Waals surface area (Å²) < 4.78 is 13.8. The lowest BCUT2D eigenvalue weighted by Crippen LogP contribution is -2.50. The van der Waals surface area contributed by atoms with E-state index in [1.165, 1.54) is 18.2 Å². The molecule has 4 nitrogen and oxygen atoms in total. The predicted octanol–water partition coefficient (Wildman–Crippen LogP) is 3.46. The van der Waals surface area contributed by atoms with Crippen molar-refractivity contribution >= 4 is 11.8 Å². The van der Waals surface area contributed by atoms with Crippen molar-refractivity contribution < 1.29 is 14.0 Å². The number of amides is 2. The molecule has 0 fully saturated rings. The molecule has 0 aliphatic heterocycles. The Hall–Kier alpha value is -2.69. The van der Waals surface area contributed by atoms with E-state index in [1.54, 1.807) is 6.07 Å². The van der Waals surface area contributed by atoms with Crippen LogP contribution in [0.2, 0.25) is 0 Å². The molecule has 0 radical (unpaired) electrons. The van der Waals surface area contributed by atoms with Crippen molar-refractivity contribution in [2.45, 2.75) is 32.9 Å². The Balaban J connectivity index is 2.08. The molecule has 5 heteroatoms. The Kier molecular flexibility index (Phi) is 6.28. The summed E-state index contributed by atoms with van der Waals surface area (Å²) in [5, 5.41) is 5.54. The molecule has 2 N–H and O–H groups in total. The minimum Gasteiger partial charge on any atom is -0.348 e. The number of rotatable bonds is 6. The van der Waals surface area contributed by atoms with Crippen LogP contribution in [0.15, 0.2) is 54.6 Å². The third kappa shape index (κ3) is 4.89. The van der Waals surface area contributed by atoms with Crippen LogP contribution in [0.1, 0.15) is 42.7 Å². The van der Waals surface area contributed by atoms with Crippen LogP contribution in [0, 0.1) is 11.7 Å². The van der Waals surface area contributed by atoms with Gasteiger partial charge in [0.25, 0.3) is 5.91 Å². The Morgan fingerprint density at radius 2 is 1.48 bits per heavy atom. The summed E-state index contributed by atoms with van der Waals surface area (Å²) in [5.74, 6) is -1.64. The molecule has 132 valence electrons. The van der Waals surface area contributed by atoms with Crippen LogP contribution in [0.4, 0.5) is 4.39 Å². The number of hydrogen-bond donors (Lipinski definition) is 2. The highest BCUT2D eigenvalue weighted by Gasteiger charge is 2.26. The van der Waals surface area contributed by atoms with Crippen LogP contribution in [-0.2, 0) is 4.79 Å². The predicted molar refractivity (Wildman–Crippen MR) is 95.5 cm³/mol. The van der Waals surface area contributed by atoms with Crippen molar-refractivity contribution in [1.29, 1.82) is 0 Å². The van der Waals surface area contributed by atoms with Gasteiger partial charge in [-0.25, -0.2) is 4.39 Å². The van der Waals surface area contributed by atoms with Crippen LogP contribution >= 0.6 is 0 Å². The summed E-state index contributed by atoms with van der Waals surface area (Å²) in [6.07, 6.45) is 0. The molecule has 0 spiro atoms. The summed E-state index contributed by atoms with van der Waals surface area (Å²) in [6.45, 7) is 5.54. The van der Waals surface area contributed by atoms with Gasteiger partial charge in [0.05, 0.1) is 11.6 Å². The summed E-state index contributed by atoms with van der Waals surface area (Å²) in [5.41, 5.74) is 0.899. The second-order valence-electron chi connectivity index (χ2n) is 6.32. The van der Waals surface area contributed by atoms with Crippen LogP contribution in [0.5, 0.6) is 0 Å². The Bertz CT molecular complexity index is 731. The normalized spacial score (nSPS) is 13.2. The first-order chi connectivity index (χ1) is 11.9. The van der Waals surface area contributed by atoms with E-state index in [4.69, 9.17) is 0 Å². The fourth-order valence-corrected chi connectivity index (χ4v) is 2.53. The molecule has 2 atom stereocenters. The van der Waals surface area contributed by atoms with E-state index < -0.39 is 17.8 Å². The van der Waals surface area contributed by atoms with Gasteiger partial charge in [-0.1, -0.05) is 56.3 Å². The SMILES string of the molecule is CC(NC(=O)[C@@H](NC(=O)c1ccccc1F)C(C)C)c1ccccc1. The fourth-order valence-electron chi connectivity index (χ4n) is 2.53. The second-order valence-corrected chi connectivity index (χ2v) is 6.32. The van der Waals surface area contributed by atoms with Crippen molar-refractivity contribution in [3.8, 4) is 0 Å². The molecule has 2 aromatic rings. The molecule has 2 amide bonds. The highest BCUT2D eigenvalue weighted by Crippen LogP contribution is 2.13. The lowest BCUT2D eigenvalue weighted by atomic mass is 10.0. The Labute approximate surface area is 147 Å². The third-order valence-electron chi connectivity index (χ3n) is 4.01. The highest BCUT2D eigenvalue weighted by atomic mass is 19.1. The monoisotopic (exact) mass is 342 g/mol. The zero-order valence-corrected chi connectivity index (χ0v) is 14.6. The van der Waals surface area contributed by atoms with Gasteiger partial charge >= 0.3 is 0 Å². The van der Waals surface area contributed by atoms with Crippen molar-refractivity contribution in [2.75, 3.05) is 0 Å². The van der Waals surface area contributed by atoms with Gasteiger partial charge in [-0.15, -0.1) is 0 Å². The van der Waals surface area contributed by atoms with E-state index in [0.717, 1.165) is 5.56 Å². The van der Waals surface area contributed by atoms with Crippen molar-refractivity contribution in [2.24, 2.45) is 5.92 Å². The van der Waals surface area contributed by atoms with Gasteiger partial charge in [0.1, 0.15) is 11.9 Å². The van der Waals surface area contributed by atoms with Gasteiger partial charge in [0.15, 0.2) is 0 Å². The van der Waals surface area contributed by atoms with E-state index in [1.807, 2.05) is 51.1 Å².